The largest absolute Gasteiger partial charge is 0.478 e. The second-order valence-electron chi connectivity index (χ2n) is 4.76. The third-order valence-electron chi connectivity index (χ3n) is 3.42. The summed E-state index contributed by atoms with van der Waals surface area (Å²) in [5.74, 6) is -0.216. The van der Waals surface area contributed by atoms with Crippen LogP contribution in [0, 0.1) is 5.92 Å². The molecule has 1 aromatic rings. The van der Waals surface area contributed by atoms with Gasteiger partial charge in [-0.05, 0) is 37.0 Å². The number of nitrogen functional groups attached to an aromatic ring is 1. The lowest BCUT2D eigenvalue weighted by atomic mass is 9.85. The topological polar surface area (TPSA) is 66.6 Å². The van der Waals surface area contributed by atoms with Gasteiger partial charge >= 0.3 is 5.97 Å². The van der Waals surface area contributed by atoms with Gasteiger partial charge in [0.2, 0.25) is 0 Å². The molecule has 3 N–H and O–H groups in total. The van der Waals surface area contributed by atoms with Crippen molar-refractivity contribution in [2.45, 2.75) is 19.3 Å². The number of nitrogens with two attached hydrogens (primary N) is 1. The Balaban J connectivity index is 2.20. The van der Waals surface area contributed by atoms with Crippen LogP contribution in [0.15, 0.2) is 18.2 Å². The molecular weight excluding hydrogens is 216 g/mol. The molecule has 2 rings (SSSR count). The molecule has 0 unspecified atom stereocenters. The lowest BCUT2D eigenvalue weighted by molar-refractivity contribution is 0.0697. The maximum absolute atomic E-state index is 11.2. The Hall–Kier alpha value is -1.71. The van der Waals surface area contributed by atoms with E-state index in [9.17, 15) is 4.79 Å². The fourth-order valence-electron chi connectivity index (χ4n) is 2.22. The minimum absolute atomic E-state index is 0.284. The van der Waals surface area contributed by atoms with Gasteiger partial charge in [0.05, 0.1) is 11.3 Å². The highest BCUT2D eigenvalue weighted by Crippen LogP contribution is 2.30. The summed E-state index contributed by atoms with van der Waals surface area (Å²) < 4.78 is 0. The van der Waals surface area contributed by atoms with Crippen molar-refractivity contribution in [3.05, 3.63) is 23.8 Å². The first-order valence-electron chi connectivity index (χ1n) is 5.92. The summed E-state index contributed by atoms with van der Waals surface area (Å²) in [6.45, 7) is 0.921. The minimum Gasteiger partial charge on any atom is -0.478 e. The number of carboxylic acids is 1. The number of nitrogens with zero attached hydrogens (tertiary/aromatic N) is 1. The van der Waals surface area contributed by atoms with Crippen molar-refractivity contribution in [2.75, 3.05) is 24.2 Å². The first-order valence-corrected chi connectivity index (χ1v) is 5.92. The van der Waals surface area contributed by atoms with Crippen LogP contribution in [-0.4, -0.2) is 24.7 Å². The van der Waals surface area contributed by atoms with E-state index < -0.39 is 5.97 Å². The summed E-state index contributed by atoms with van der Waals surface area (Å²) in [5, 5.41) is 9.16. The fraction of sp³-hybridized carbons (Fsp3) is 0.462. The van der Waals surface area contributed by atoms with E-state index in [2.05, 4.69) is 0 Å². The average molecular weight is 234 g/mol. The van der Waals surface area contributed by atoms with Crippen molar-refractivity contribution in [1.82, 2.24) is 0 Å². The molecule has 0 amide bonds. The van der Waals surface area contributed by atoms with Crippen LogP contribution in [0.3, 0.4) is 0 Å². The lowest BCUT2D eigenvalue weighted by Crippen LogP contribution is -2.30. The highest BCUT2D eigenvalue weighted by atomic mass is 16.4. The molecule has 0 radical (unpaired) electrons. The van der Waals surface area contributed by atoms with Gasteiger partial charge in [-0.2, -0.15) is 0 Å². The number of anilines is 2. The number of aromatic carboxylic acids is 1. The van der Waals surface area contributed by atoms with Gasteiger partial charge in [0.1, 0.15) is 0 Å². The molecule has 1 aliphatic carbocycles. The molecular formula is C13H18N2O2. The number of carboxylic acid groups (broad SMARTS) is 1. The number of rotatable bonds is 4. The van der Waals surface area contributed by atoms with Gasteiger partial charge in [-0.1, -0.05) is 6.42 Å². The van der Waals surface area contributed by atoms with Crippen molar-refractivity contribution >= 4 is 17.3 Å². The SMILES string of the molecule is CN(CC1CCC1)c1ccc(N)cc1C(=O)O. The molecule has 0 atom stereocenters. The molecule has 4 heteroatoms. The second kappa shape index (κ2) is 4.65. The third-order valence-corrected chi connectivity index (χ3v) is 3.42. The van der Waals surface area contributed by atoms with Gasteiger partial charge in [0.25, 0.3) is 0 Å². The van der Waals surface area contributed by atoms with E-state index in [-0.39, 0.29) is 5.56 Å². The van der Waals surface area contributed by atoms with Crippen molar-refractivity contribution < 1.29 is 9.90 Å². The third kappa shape index (κ3) is 2.52. The number of hydrogen-bond donors (Lipinski definition) is 2. The molecule has 4 nitrogen and oxygen atoms in total. The van der Waals surface area contributed by atoms with Gasteiger partial charge in [-0.15, -0.1) is 0 Å². The van der Waals surface area contributed by atoms with Crippen molar-refractivity contribution in [2.24, 2.45) is 5.92 Å². The van der Waals surface area contributed by atoms with Gasteiger partial charge < -0.3 is 15.7 Å². The molecule has 0 aromatic heterocycles. The lowest BCUT2D eigenvalue weighted by Gasteiger charge is -2.31. The normalized spacial score (nSPS) is 15.4. The van der Waals surface area contributed by atoms with Crippen molar-refractivity contribution in [3.8, 4) is 0 Å². The highest BCUT2D eigenvalue weighted by molar-refractivity contribution is 5.95. The predicted molar refractivity (Wildman–Crippen MR) is 68.4 cm³/mol. The summed E-state index contributed by atoms with van der Waals surface area (Å²) in [6.07, 6.45) is 3.80. The van der Waals surface area contributed by atoms with Gasteiger partial charge in [-0.3, -0.25) is 0 Å². The Morgan fingerprint density at radius 2 is 2.24 bits per heavy atom. The Morgan fingerprint density at radius 3 is 2.76 bits per heavy atom. The number of hydrogen-bond acceptors (Lipinski definition) is 3. The summed E-state index contributed by atoms with van der Waals surface area (Å²) >= 11 is 0. The van der Waals surface area contributed by atoms with Crippen LogP contribution in [0.5, 0.6) is 0 Å². The molecule has 1 aromatic carbocycles. The van der Waals surface area contributed by atoms with E-state index in [4.69, 9.17) is 10.8 Å². The molecule has 0 spiro atoms. The Labute approximate surface area is 101 Å². The van der Waals surface area contributed by atoms with E-state index >= 15 is 0 Å². The van der Waals surface area contributed by atoms with Crippen molar-refractivity contribution in [1.29, 1.82) is 0 Å². The number of benzene rings is 1. The molecule has 92 valence electrons. The maximum Gasteiger partial charge on any atom is 0.337 e. The van der Waals surface area contributed by atoms with Crippen LogP contribution in [0.25, 0.3) is 0 Å². The van der Waals surface area contributed by atoms with Crippen LogP contribution in [0.2, 0.25) is 0 Å². The summed E-state index contributed by atoms with van der Waals surface area (Å²) in [5.41, 5.74) is 7.14. The molecule has 0 bridgehead atoms. The molecule has 0 heterocycles. The molecule has 17 heavy (non-hydrogen) atoms. The van der Waals surface area contributed by atoms with E-state index in [0.29, 0.717) is 11.6 Å². The summed E-state index contributed by atoms with van der Waals surface area (Å²) in [4.78, 5) is 13.2. The highest BCUT2D eigenvalue weighted by Gasteiger charge is 2.21. The fourth-order valence-corrected chi connectivity index (χ4v) is 2.22. The quantitative estimate of drug-likeness (QED) is 0.784. The zero-order valence-corrected chi connectivity index (χ0v) is 10.0. The monoisotopic (exact) mass is 234 g/mol. The van der Waals surface area contributed by atoms with E-state index in [1.807, 2.05) is 11.9 Å². The smallest absolute Gasteiger partial charge is 0.337 e. The van der Waals surface area contributed by atoms with Crippen LogP contribution >= 0.6 is 0 Å². The zero-order valence-electron chi connectivity index (χ0n) is 10.0. The maximum atomic E-state index is 11.2. The molecule has 0 aliphatic heterocycles. The van der Waals surface area contributed by atoms with Gasteiger partial charge in [0, 0.05) is 19.3 Å². The van der Waals surface area contributed by atoms with Crippen LogP contribution in [0.1, 0.15) is 29.6 Å². The van der Waals surface area contributed by atoms with Gasteiger partial charge in [0.15, 0.2) is 0 Å². The number of carbonyl (C=O) groups is 1. The molecule has 1 saturated carbocycles. The Morgan fingerprint density at radius 1 is 1.53 bits per heavy atom. The first-order chi connectivity index (χ1) is 8.08. The second-order valence-corrected chi connectivity index (χ2v) is 4.76. The van der Waals surface area contributed by atoms with Gasteiger partial charge in [-0.25, -0.2) is 4.79 Å². The van der Waals surface area contributed by atoms with Crippen LogP contribution < -0.4 is 10.6 Å². The van der Waals surface area contributed by atoms with E-state index in [0.717, 1.165) is 12.2 Å². The van der Waals surface area contributed by atoms with E-state index in [1.54, 1.807) is 12.1 Å². The average Bonchev–Trinajstić information content (AvgIpc) is 2.23. The molecule has 1 aliphatic rings. The minimum atomic E-state index is -0.923. The molecule has 0 saturated heterocycles. The predicted octanol–water partition coefficient (Wildman–Crippen LogP) is 2.20. The standard InChI is InChI=1S/C13H18N2O2/c1-15(8-9-3-2-4-9)12-6-5-10(14)7-11(12)13(16)17/h5-7,9H,2-4,8,14H2,1H3,(H,16,17). The molecule has 1 fully saturated rings. The summed E-state index contributed by atoms with van der Waals surface area (Å²) in [6, 6.07) is 5.06. The van der Waals surface area contributed by atoms with Crippen LogP contribution in [-0.2, 0) is 0 Å². The zero-order chi connectivity index (χ0) is 12.4. The Bertz CT molecular complexity index is 427. The van der Waals surface area contributed by atoms with Crippen LogP contribution in [0.4, 0.5) is 11.4 Å². The summed E-state index contributed by atoms with van der Waals surface area (Å²) in [7, 11) is 1.94. The van der Waals surface area contributed by atoms with E-state index in [1.165, 1.54) is 25.3 Å². The first kappa shape index (κ1) is 11.8. The Kier molecular flexibility index (Phi) is 3.22. The van der Waals surface area contributed by atoms with Crippen molar-refractivity contribution in [3.63, 3.8) is 0 Å².